The molecule has 5 heteroatoms. The number of phenols is 1. The number of nitrogens with zero attached hydrogens (tertiary/aromatic N) is 3. The zero-order valence-corrected chi connectivity index (χ0v) is 14.6. The lowest BCUT2D eigenvalue weighted by Crippen LogP contribution is -2.03. The van der Waals surface area contributed by atoms with E-state index < -0.39 is 0 Å². The van der Waals surface area contributed by atoms with Crippen molar-refractivity contribution in [1.29, 1.82) is 0 Å². The van der Waals surface area contributed by atoms with E-state index in [4.69, 9.17) is 4.74 Å². The van der Waals surface area contributed by atoms with Crippen molar-refractivity contribution in [2.45, 2.75) is 45.1 Å². The maximum Gasteiger partial charge on any atom is 0.143 e. The summed E-state index contributed by atoms with van der Waals surface area (Å²) >= 11 is 0. The fourth-order valence-corrected chi connectivity index (χ4v) is 2.90. The van der Waals surface area contributed by atoms with Crippen molar-refractivity contribution in [2.24, 2.45) is 0 Å². The average molecular weight is 339 g/mol. The van der Waals surface area contributed by atoms with Crippen molar-refractivity contribution < 1.29 is 9.84 Å². The molecule has 1 unspecified atom stereocenters. The van der Waals surface area contributed by atoms with Crippen LogP contribution >= 0.6 is 0 Å². The van der Waals surface area contributed by atoms with Crippen LogP contribution in [0.1, 0.15) is 39.0 Å². The molecule has 3 aromatic rings. The molecular formula is C20H25N3O2. The summed E-state index contributed by atoms with van der Waals surface area (Å²) in [5.74, 6) is 0.169. The zero-order valence-electron chi connectivity index (χ0n) is 14.6. The third-order valence-electron chi connectivity index (χ3n) is 4.29. The van der Waals surface area contributed by atoms with E-state index in [0.717, 1.165) is 17.6 Å². The summed E-state index contributed by atoms with van der Waals surface area (Å²) in [6.45, 7) is 3.24. The first-order valence-corrected chi connectivity index (χ1v) is 9.00. The quantitative estimate of drug-likeness (QED) is 0.761. The minimum Gasteiger partial charge on any atom is -0.506 e. The van der Waals surface area contributed by atoms with E-state index in [1.807, 2.05) is 30.3 Å². The number of para-hydroxylation sites is 2. The number of aromatic hydroxyl groups is 1. The summed E-state index contributed by atoms with van der Waals surface area (Å²) in [6.07, 6.45) is 7.14. The van der Waals surface area contributed by atoms with Crippen LogP contribution in [-0.4, -0.2) is 32.8 Å². The Morgan fingerprint density at radius 1 is 1.08 bits per heavy atom. The molecule has 0 radical (unpaired) electrons. The van der Waals surface area contributed by atoms with Crippen LogP contribution in [0.5, 0.6) is 5.75 Å². The molecule has 0 amide bonds. The fraction of sp³-hybridized carbons (Fsp3) is 0.400. The summed E-state index contributed by atoms with van der Waals surface area (Å²) in [5.41, 5.74) is 2.20. The molecule has 0 bridgehead atoms. The first-order valence-electron chi connectivity index (χ1n) is 9.00. The van der Waals surface area contributed by atoms with Crippen LogP contribution < -0.4 is 0 Å². The van der Waals surface area contributed by atoms with Crippen molar-refractivity contribution in [3.8, 4) is 11.4 Å². The Labute approximate surface area is 148 Å². The second-order valence-corrected chi connectivity index (χ2v) is 6.24. The van der Waals surface area contributed by atoms with Crippen LogP contribution in [0.25, 0.3) is 16.7 Å². The predicted molar refractivity (Wildman–Crippen MR) is 99.0 cm³/mol. The van der Waals surface area contributed by atoms with Crippen molar-refractivity contribution in [3.05, 3.63) is 48.5 Å². The first-order chi connectivity index (χ1) is 12.3. The molecule has 1 N–H and O–H groups in total. The number of fused-ring (bicyclic) bond motifs is 1. The summed E-state index contributed by atoms with van der Waals surface area (Å²) < 4.78 is 5.46. The maximum absolute atomic E-state index is 9.69. The van der Waals surface area contributed by atoms with Crippen LogP contribution in [-0.2, 0) is 4.74 Å². The zero-order chi connectivity index (χ0) is 17.5. The molecule has 1 fully saturated rings. The molecule has 0 aliphatic carbocycles. The molecule has 25 heavy (non-hydrogen) atoms. The van der Waals surface area contributed by atoms with Crippen molar-refractivity contribution in [2.75, 3.05) is 6.61 Å². The van der Waals surface area contributed by atoms with Gasteiger partial charge in [0.05, 0.1) is 6.10 Å². The fourth-order valence-electron chi connectivity index (χ4n) is 2.90. The molecule has 4 rings (SSSR count). The highest BCUT2D eigenvalue weighted by atomic mass is 16.5. The highest BCUT2D eigenvalue weighted by molar-refractivity contribution is 5.73. The lowest BCUT2D eigenvalue weighted by molar-refractivity contribution is 0.102. The van der Waals surface area contributed by atoms with Crippen molar-refractivity contribution in [1.82, 2.24) is 15.0 Å². The lowest BCUT2D eigenvalue weighted by atomic mass is 10.1. The minimum absolute atomic E-state index is 0.169. The molecule has 1 aliphatic rings. The van der Waals surface area contributed by atoms with Crippen LogP contribution in [0.15, 0.2) is 48.5 Å². The maximum atomic E-state index is 9.69. The Bertz CT molecular complexity index is 761. The SMILES string of the molecule is CCCCC1CCCO1.Oc1ccccc1-n1nc2ccccc2n1. The minimum atomic E-state index is 0.169. The van der Waals surface area contributed by atoms with E-state index in [1.54, 1.807) is 18.2 Å². The lowest BCUT2D eigenvalue weighted by Gasteiger charge is -2.06. The summed E-state index contributed by atoms with van der Waals surface area (Å²) in [4.78, 5) is 1.44. The first kappa shape index (κ1) is 17.4. The van der Waals surface area contributed by atoms with Gasteiger partial charge in [0.1, 0.15) is 22.5 Å². The van der Waals surface area contributed by atoms with Gasteiger partial charge in [-0.1, -0.05) is 44.0 Å². The van der Waals surface area contributed by atoms with Crippen LogP contribution in [0.4, 0.5) is 0 Å². The second-order valence-electron chi connectivity index (χ2n) is 6.24. The highest BCUT2D eigenvalue weighted by Gasteiger charge is 2.13. The molecule has 2 heterocycles. The normalized spacial score (nSPS) is 16.6. The number of aromatic nitrogens is 3. The number of ether oxygens (including phenoxy) is 1. The van der Waals surface area contributed by atoms with Gasteiger partial charge in [-0.15, -0.1) is 15.0 Å². The van der Waals surface area contributed by atoms with Crippen LogP contribution in [0.2, 0.25) is 0 Å². The molecule has 5 nitrogen and oxygen atoms in total. The van der Waals surface area contributed by atoms with E-state index in [9.17, 15) is 5.11 Å². The largest absolute Gasteiger partial charge is 0.506 e. The summed E-state index contributed by atoms with van der Waals surface area (Å²) in [7, 11) is 0. The van der Waals surface area contributed by atoms with Gasteiger partial charge in [0.25, 0.3) is 0 Å². The Morgan fingerprint density at radius 3 is 2.36 bits per heavy atom. The third kappa shape index (κ3) is 4.57. The molecule has 1 aliphatic heterocycles. The topological polar surface area (TPSA) is 60.2 Å². The van der Waals surface area contributed by atoms with Crippen molar-refractivity contribution in [3.63, 3.8) is 0 Å². The molecule has 132 valence electrons. The molecule has 0 spiro atoms. The second kappa shape index (κ2) is 8.62. The van der Waals surface area contributed by atoms with Crippen LogP contribution in [0.3, 0.4) is 0 Å². The Morgan fingerprint density at radius 2 is 1.76 bits per heavy atom. The standard InChI is InChI=1S/C12H9N3O.C8H16O/c16-12-8-4-3-7-11(12)15-13-9-5-1-2-6-10(9)14-15;1-2-3-5-8-6-4-7-9-8/h1-8,16H;8H,2-7H2,1H3. The number of hydrogen-bond donors (Lipinski definition) is 1. The third-order valence-corrected chi connectivity index (χ3v) is 4.29. The monoisotopic (exact) mass is 339 g/mol. The summed E-state index contributed by atoms with van der Waals surface area (Å²) in [5, 5.41) is 18.3. The van der Waals surface area contributed by atoms with Gasteiger partial charge < -0.3 is 9.84 Å². The Balaban J connectivity index is 0.000000173. The molecule has 1 atom stereocenters. The molecule has 1 saturated heterocycles. The van der Waals surface area contributed by atoms with Gasteiger partial charge >= 0.3 is 0 Å². The number of benzene rings is 2. The highest BCUT2D eigenvalue weighted by Crippen LogP contribution is 2.20. The number of phenolic OH excluding ortho intramolecular Hbond substituents is 1. The molecule has 1 aromatic heterocycles. The molecular weight excluding hydrogens is 314 g/mol. The van der Waals surface area contributed by atoms with Gasteiger partial charge in [-0.2, -0.15) is 0 Å². The van der Waals surface area contributed by atoms with Gasteiger partial charge in [0.2, 0.25) is 0 Å². The van der Waals surface area contributed by atoms with Gasteiger partial charge in [-0.3, -0.25) is 0 Å². The van der Waals surface area contributed by atoms with E-state index >= 15 is 0 Å². The van der Waals surface area contributed by atoms with Gasteiger partial charge in [0, 0.05) is 6.61 Å². The Kier molecular flexibility index (Phi) is 6.01. The van der Waals surface area contributed by atoms with E-state index in [1.165, 1.54) is 36.9 Å². The Hall–Kier alpha value is -2.40. The average Bonchev–Trinajstić information content (AvgIpc) is 3.30. The van der Waals surface area contributed by atoms with Crippen molar-refractivity contribution >= 4 is 11.0 Å². The smallest absolute Gasteiger partial charge is 0.143 e. The van der Waals surface area contributed by atoms with Crippen LogP contribution in [0, 0.1) is 0 Å². The number of unbranched alkanes of at least 4 members (excludes halogenated alkanes) is 1. The molecule has 2 aromatic carbocycles. The van der Waals surface area contributed by atoms with E-state index in [-0.39, 0.29) is 5.75 Å². The molecule has 0 saturated carbocycles. The number of rotatable bonds is 4. The van der Waals surface area contributed by atoms with E-state index in [2.05, 4.69) is 17.1 Å². The summed E-state index contributed by atoms with van der Waals surface area (Å²) in [6, 6.07) is 14.6. The van der Waals surface area contributed by atoms with E-state index in [0.29, 0.717) is 11.8 Å². The van der Waals surface area contributed by atoms with Gasteiger partial charge in [-0.25, -0.2) is 0 Å². The van der Waals surface area contributed by atoms with Gasteiger partial charge in [0.15, 0.2) is 0 Å². The number of hydrogen-bond acceptors (Lipinski definition) is 4. The predicted octanol–water partition coefficient (Wildman–Crippen LogP) is 4.48. The van der Waals surface area contributed by atoms with Gasteiger partial charge in [-0.05, 0) is 43.5 Å².